The highest BCUT2D eigenvalue weighted by molar-refractivity contribution is 6.11. The van der Waals surface area contributed by atoms with E-state index in [0.717, 1.165) is 55.8 Å². The third kappa shape index (κ3) is 5.55. The molecule has 6 nitrogen and oxygen atoms in total. The van der Waals surface area contributed by atoms with Gasteiger partial charge in [0, 0.05) is 66.1 Å². The summed E-state index contributed by atoms with van der Waals surface area (Å²) in [5.74, 6) is 1.81. The second kappa shape index (κ2) is 14.0. The van der Waals surface area contributed by atoms with Crippen LogP contribution in [0.15, 0.2) is 218 Å². The van der Waals surface area contributed by atoms with E-state index in [1.807, 2.05) is 18.2 Å². The molecular weight excluding hydrogens is 769 g/mol. The van der Waals surface area contributed by atoms with Crippen molar-refractivity contribution in [2.24, 2.45) is 0 Å². The highest BCUT2D eigenvalue weighted by atomic mass is 15.0. The van der Waals surface area contributed by atoms with Gasteiger partial charge in [0.05, 0.1) is 33.1 Å². The van der Waals surface area contributed by atoms with Gasteiger partial charge in [0.25, 0.3) is 0 Å². The molecule has 0 amide bonds. The Balaban J connectivity index is 1.05. The van der Waals surface area contributed by atoms with E-state index < -0.39 is 0 Å². The molecule has 0 fully saturated rings. The summed E-state index contributed by atoms with van der Waals surface area (Å²) >= 11 is 0. The first-order valence-corrected chi connectivity index (χ1v) is 21.3. The number of hydrogen-bond donors (Lipinski definition) is 0. The predicted octanol–water partition coefficient (Wildman–Crippen LogP) is 14.2. The van der Waals surface area contributed by atoms with E-state index in [1.165, 1.54) is 43.4 Å². The molecule has 294 valence electrons. The molecule has 63 heavy (non-hydrogen) atoms. The van der Waals surface area contributed by atoms with E-state index in [4.69, 9.17) is 15.0 Å². The average Bonchev–Trinajstić information content (AvgIpc) is 4.00. The van der Waals surface area contributed by atoms with Crippen LogP contribution in [-0.2, 0) is 0 Å². The molecule has 0 bridgehead atoms. The Hall–Kier alpha value is -8.61. The minimum atomic E-state index is 0.593. The third-order valence-electron chi connectivity index (χ3n) is 12.5. The molecule has 0 aliphatic rings. The number of nitrogens with zero attached hydrogens (tertiary/aromatic N) is 6. The number of hydrogen-bond acceptors (Lipinski definition) is 3. The molecular formula is C57H36N6. The lowest BCUT2D eigenvalue weighted by Crippen LogP contribution is -2.03. The van der Waals surface area contributed by atoms with E-state index in [9.17, 15) is 0 Å². The molecule has 4 heterocycles. The van der Waals surface area contributed by atoms with Gasteiger partial charge < -0.3 is 13.7 Å². The second-order valence-corrected chi connectivity index (χ2v) is 16.1. The minimum Gasteiger partial charge on any atom is -0.309 e. The van der Waals surface area contributed by atoms with Gasteiger partial charge >= 0.3 is 0 Å². The van der Waals surface area contributed by atoms with Crippen LogP contribution in [0.2, 0.25) is 0 Å². The molecule has 0 aliphatic carbocycles. The first kappa shape index (κ1) is 35.2. The summed E-state index contributed by atoms with van der Waals surface area (Å²) in [5, 5.41) is 7.28. The number of para-hydroxylation sites is 6. The van der Waals surface area contributed by atoms with E-state index in [2.05, 4.69) is 214 Å². The Bertz CT molecular complexity index is 3620. The standard InChI is InChI=1S/C57H36N6/c1-2-16-37(17-3-1)55-58-56(38-30-32-40(33-31-38)61-49-24-10-4-18-43(49)44-19-5-11-25-50(44)61)60-57(59-55)39-34-41(62-51-26-12-6-20-45(51)46-21-7-13-27-52(46)62)36-42(35-39)63-53-28-14-8-22-47(53)48-23-9-15-29-54(48)63/h1-36H. The zero-order valence-electron chi connectivity index (χ0n) is 34.0. The van der Waals surface area contributed by atoms with Gasteiger partial charge in [-0.05, 0) is 78.9 Å². The largest absolute Gasteiger partial charge is 0.309 e. The maximum absolute atomic E-state index is 5.34. The van der Waals surface area contributed by atoms with Crippen molar-refractivity contribution in [3.05, 3.63) is 218 Å². The summed E-state index contributed by atoms with van der Waals surface area (Å²) in [4.78, 5) is 15.8. The normalized spacial score (nSPS) is 11.8. The topological polar surface area (TPSA) is 53.5 Å². The Morgan fingerprint density at radius 1 is 0.222 bits per heavy atom. The Labute approximate surface area is 362 Å². The molecule has 0 saturated heterocycles. The second-order valence-electron chi connectivity index (χ2n) is 16.1. The molecule has 13 rings (SSSR count). The zero-order valence-corrected chi connectivity index (χ0v) is 34.0. The van der Waals surface area contributed by atoms with Crippen molar-refractivity contribution in [1.29, 1.82) is 0 Å². The summed E-state index contributed by atoms with van der Waals surface area (Å²) in [7, 11) is 0. The molecule has 13 aromatic rings. The molecule has 0 N–H and O–H groups in total. The van der Waals surface area contributed by atoms with E-state index in [0.29, 0.717) is 17.5 Å². The van der Waals surface area contributed by atoms with Crippen LogP contribution >= 0.6 is 0 Å². The first-order valence-electron chi connectivity index (χ1n) is 21.3. The van der Waals surface area contributed by atoms with Crippen LogP contribution in [-0.4, -0.2) is 28.7 Å². The quantitative estimate of drug-likeness (QED) is 0.168. The van der Waals surface area contributed by atoms with Crippen molar-refractivity contribution in [2.75, 3.05) is 0 Å². The van der Waals surface area contributed by atoms with Crippen LogP contribution in [0.25, 0.3) is 117 Å². The molecule has 0 radical (unpaired) electrons. The third-order valence-corrected chi connectivity index (χ3v) is 12.5. The van der Waals surface area contributed by atoms with Crippen molar-refractivity contribution in [1.82, 2.24) is 28.7 Å². The Morgan fingerprint density at radius 2 is 0.508 bits per heavy atom. The molecule has 4 aromatic heterocycles. The van der Waals surface area contributed by atoms with E-state index >= 15 is 0 Å². The molecule has 0 atom stereocenters. The highest BCUT2D eigenvalue weighted by Crippen LogP contribution is 2.38. The molecule has 0 unspecified atom stereocenters. The maximum Gasteiger partial charge on any atom is 0.164 e. The van der Waals surface area contributed by atoms with Crippen molar-refractivity contribution >= 4 is 65.4 Å². The van der Waals surface area contributed by atoms with Crippen molar-refractivity contribution < 1.29 is 0 Å². The summed E-state index contributed by atoms with van der Waals surface area (Å²) in [5.41, 5.74) is 12.7. The van der Waals surface area contributed by atoms with Crippen LogP contribution in [0.5, 0.6) is 0 Å². The van der Waals surface area contributed by atoms with E-state index in [-0.39, 0.29) is 0 Å². The molecule has 0 saturated carbocycles. The van der Waals surface area contributed by atoms with Crippen molar-refractivity contribution in [3.63, 3.8) is 0 Å². The number of fused-ring (bicyclic) bond motifs is 9. The van der Waals surface area contributed by atoms with Crippen LogP contribution < -0.4 is 0 Å². The first-order chi connectivity index (χ1) is 31.2. The summed E-state index contributed by atoms with van der Waals surface area (Å²) in [6, 6.07) is 77.4. The van der Waals surface area contributed by atoms with Crippen LogP contribution in [0, 0.1) is 0 Å². The number of aromatic nitrogens is 6. The fraction of sp³-hybridized carbons (Fsp3) is 0. The lowest BCUT2D eigenvalue weighted by atomic mass is 10.1. The number of benzene rings is 9. The Morgan fingerprint density at radius 3 is 0.873 bits per heavy atom. The Kier molecular flexibility index (Phi) is 7.80. The molecule has 9 aromatic carbocycles. The van der Waals surface area contributed by atoms with Crippen molar-refractivity contribution in [3.8, 4) is 51.2 Å². The lowest BCUT2D eigenvalue weighted by molar-refractivity contribution is 1.07. The minimum absolute atomic E-state index is 0.593. The van der Waals surface area contributed by atoms with Gasteiger partial charge in [0.15, 0.2) is 17.5 Å². The maximum atomic E-state index is 5.34. The summed E-state index contributed by atoms with van der Waals surface area (Å²) in [6.07, 6.45) is 0. The van der Waals surface area contributed by atoms with Gasteiger partial charge in [0.1, 0.15) is 0 Å². The smallest absolute Gasteiger partial charge is 0.164 e. The van der Waals surface area contributed by atoms with Crippen molar-refractivity contribution in [2.45, 2.75) is 0 Å². The van der Waals surface area contributed by atoms with E-state index in [1.54, 1.807) is 0 Å². The van der Waals surface area contributed by atoms with Crippen LogP contribution in [0.3, 0.4) is 0 Å². The highest BCUT2D eigenvalue weighted by Gasteiger charge is 2.20. The average molecular weight is 805 g/mol. The van der Waals surface area contributed by atoms with Gasteiger partial charge in [-0.25, -0.2) is 15.0 Å². The SMILES string of the molecule is c1ccc(-c2nc(-c3ccc(-n4c5ccccc5c5ccccc54)cc3)nc(-c3cc(-n4c5ccccc5c5ccccc54)cc(-n4c5ccccc5c5ccccc54)c3)n2)cc1. The van der Waals surface area contributed by atoms with Crippen LogP contribution in [0.1, 0.15) is 0 Å². The monoisotopic (exact) mass is 804 g/mol. The lowest BCUT2D eigenvalue weighted by Gasteiger charge is -2.16. The predicted molar refractivity (Wildman–Crippen MR) is 259 cm³/mol. The zero-order chi connectivity index (χ0) is 41.4. The summed E-state index contributed by atoms with van der Waals surface area (Å²) in [6.45, 7) is 0. The summed E-state index contributed by atoms with van der Waals surface area (Å²) < 4.78 is 7.08. The van der Waals surface area contributed by atoms with Crippen LogP contribution in [0.4, 0.5) is 0 Å². The van der Waals surface area contributed by atoms with Gasteiger partial charge in [0.2, 0.25) is 0 Å². The molecule has 6 heteroatoms. The molecule has 0 aliphatic heterocycles. The molecule has 0 spiro atoms. The fourth-order valence-corrected chi connectivity index (χ4v) is 9.69. The fourth-order valence-electron chi connectivity index (χ4n) is 9.69. The van der Waals surface area contributed by atoms with Gasteiger partial charge in [-0.3, -0.25) is 0 Å². The number of rotatable bonds is 6. The van der Waals surface area contributed by atoms with Gasteiger partial charge in [-0.15, -0.1) is 0 Å². The van der Waals surface area contributed by atoms with Gasteiger partial charge in [-0.2, -0.15) is 0 Å². The van der Waals surface area contributed by atoms with Gasteiger partial charge in [-0.1, -0.05) is 140 Å².